The highest BCUT2D eigenvalue weighted by atomic mass is 32.2. The van der Waals surface area contributed by atoms with Crippen molar-refractivity contribution >= 4 is 15.9 Å². The van der Waals surface area contributed by atoms with E-state index in [-0.39, 0.29) is 16.7 Å². The van der Waals surface area contributed by atoms with Crippen molar-refractivity contribution in [3.63, 3.8) is 0 Å². The molecule has 0 radical (unpaired) electrons. The van der Waals surface area contributed by atoms with Crippen LogP contribution in [0.1, 0.15) is 20.3 Å². The van der Waals surface area contributed by atoms with Crippen LogP contribution >= 0.6 is 0 Å². The molecule has 0 aliphatic carbocycles. The Bertz CT molecular complexity index is 629. The molecule has 8 heteroatoms. The summed E-state index contributed by atoms with van der Waals surface area (Å²) in [6.07, 6.45) is 1.50. The van der Waals surface area contributed by atoms with Crippen LogP contribution in [-0.2, 0) is 14.8 Å². The second-order valence-electron chi connectivity index (χ2n) is 5.42. The van der Waals surface area contributed by atoms with Crippen LogP contribution in [0.2, 0.25) is 0 Å². The number of pyridine rings is 1. The number of carbonyl (C=O) groups excluding carboxylic acids is 1. The van der Waals surface area contributed by atoms with Gasteiger partial charge in [-0.1, -0.05) is 13.8 Å². The normalized spacial score (nSPS) is 13.2. The van der Waals surface area contributed by atoms with Gasteiger partial charge in [0, 0.05) is 26.4 Å². The molecule has 0 aromatic carbocycles. The first-order chi connectivity index (χ1) is 9.63. The fourth-order valence-corrected chi connectivity index (χ4v) is 2.97. The highest BCUT2D eigenvalue weighted by Crippen LogP contribution is 2.12. The molecule has 21 heavy (non-hydrogen) atoms. The van der Waals surface area contributed by atoms with Crippen molar-refractivity contribution in [2.75, 3.05) is 14.1 Å². The number of sulfonamides is 1. The summed E-state index contributed by atoms with van der Waals surface area (Å²) in [5.41, 5.74) is -0.392. The van der Waals surface area contributed by atoms with Crippen molar-refractivity contribution in [3.05, 3.63) is 28.7 Å². The molecule has 1 amide bonds. The zero-order valence-corrected chi connectivity index (χ0v) is 13.4. The van der Waals surface area contributed by atoms with E-state index in [2.05, 4.69) is 9.71 Å². The zero-order valence-electron chi connectivity index (χ0n) is 12.6. The number of hydrogen-bond acceptors (Lipinski definition) is 4. The Morgan fingerprint density at radius 1 is 1.33 bits per heavy atom. The van der Waals surface area contributed by atoms with Crippen LogP contribution in [0.3, 0.4) is 0 Å². The molecule has 1 aromatic heterocycles. The molecule has 0 fully saturated rings. The third kappa shape index (κ3) is 4.98. The second kappa shape index (κ2) is 6.86. The zero-order chi connectivity index (χ0) is 16.2. The molecule has 7 nitrogen and oxygen atoms in total. The van der Waals surface area contributed by atoms with E-state index in [0.717, 1.165) is 12.3 Å². The molecule has 1 aromatic rings. The van der Waals surface area contributed by atoms with E-state index >= 15 is 0 Å². The average Bonchev–Trinajstić information content (AvgIpc) is 2.36. The lowest BCUT2D eigenvalue weighted by Gasteiger charge is -2.23. The number of aromatic amines is 1. The highest BCUT2D eigenvalue weighted by Gasteiger charge is 2.27. The van der Waals surface area contributed by atoms with E-state index in [4.69, 9.17) is 0 Å². The van der Waals surface area contributed by atoms with Crippen molar-refractivity contribution in [3.8, 4) is 0 Å². The summed E-state index contributed by atoms with van der Waals surface area (Å²) in [4.78, 5) is 26.6. The quantitative estimate of drug-likeness (QED) is 0.781. The van der Waals surface area contributed by atoms with Gasteiger partial charge in [-0.15, -0.1) is 0 Å². The van der Waals surface area contributed by atoms with Crippen LogP contribution in [0.25, 0.3) is 0 Å². The highest BCUT2D eigenvalue weighted by molar-refractivity contribution is 7.89. The molecule has 0 saturated carbocycles. The fourth-order valence-electron chi connectivity index (χ4n) is 1.80. The standard InChI is InChI=1S/C13H21N3O4S/c1-9(2)7-11(13(18)16(3)4)15-21(19,20)10-5-6-12(17)14-8-10/h5-6,8-9,11,15H,7H2,1-4H3,(H,14,17). The SMILES string of the molecule is CC(C)CC(NS(=O)(=O)c1ccc(=O)[nH]c1)C(=O)N(C)C. The Morgan fingerprint density at radius 3 is 2.38 bits per heavy atom. The first-order valence-electron chi connectivity index (χ1n) is 6.55. The monoisotopic (exact) mass is 315 g/mol. The van der Waals surface area contributed by atoms with Crippen molar-refractivity contribution in [1.29, 1.82) is 0 Å². The lowest BCUT2D eigenvalue weighted by atomic mass is 10.0. The number of likely N-dealkylation sites (N-methyl/N-ethyl adjacent to an activating group) is 1. The minimum atomic E-state index is -3.87. The molecule has 0 bridgehead atoms. The summed E-state index contributed by atoms with van der Waals surface area (Å²) in [5.74, 6) is -0.158. The minimum absolute atomic E-state index is 0.0811. The van der Waals surface area contributed by atoms with Gasteiger partial charge >= 0.3 is 0 Å². The molecule has 2 N–H and O–H groups in total. The number of rotatable bonds is 6. The Labute approximate surface area is 124 Å². The smallest absolute Gasteiger partial charge is 0.247 e. The first kappa shape index (κ1) is 17.4. The summed E-state index contributed by atoms with van der Waals surface area (Å²) in [6, 6.07) is 1.49. The van der Waals surface area contributed by atoms with E-state index in [9.17, 15) is 18.0 Å². The van der Waals surface area contributed by atoms with Gasteiger partial charge in [0.1, 0.15) is 6.04 Å². The average molecular weight is 315 g/mol. The van der Waals surface area contributed by atoms with Gasteiger partial charge in [0.2, 0.25) is 21.5 Å². The number of aromatic nitrogens is 1. The molecule has 1 heterocycles. The molecule has 0 aliphatic rings. The van der Waals surface area contributed by atoms with Gasteiger partial charge in [0.25, 0.3) is 0 Å². The van der Waals surface area contributed by atoms with E-state index in [1.807, 2.05) is 13.8 Å². The van der Waals surface area contributed by atoms with Crippen LogP contribution in [0.5, 0.6) is 0 Å². The summed E-state index contributed by atoms with van der Waals surface area (Å²) in [7, 11) is -0.721. The molecule has 1 unspecified atom stereocenters. The second-order valence-corrected chi connectivity index (χ2v) is 7.14. The lowest BCUT2D eigenvalue weighted by molar-refractivity contribution is -0.130. The first-order valence-corrected chi connectivity index (χ1v) is 8.04. The van der Waals surface area contributed by atoms with Gasteiger partial charge in [-0.25, -0.2) is 8.42 Å². The molecule has 0 saturated heterocycles. The van der Waals surface area contributed by atoms with Gasteiger partial charge in [-0.05, 0) is 18.4 Å². The number of carbonyl (C=O) groups is 1. The van der Waals surface area contributed by atoms with Crippen LogP contribution < -0.4 is 10.3 Å². The number of hydrogen-bond donors (Lipinski definition) is 2. The van der Waals surface area contributed by atoms with Crippen molar-refractivity contribution in [1.82, 2.24) is 14.6 Å². The van der Waals surface area contributed by atoms with E-state index in [0.29, 0.717) is 6.42 Å². The van der Waals surface area contributed by atoms with Gasteiger partial charge in [-0.2, -0.15) is 4.72 Å². The largest absolute Gasteiger partial charge is 0.347 e. The van der Waals surface area contributed by atoms with Crippen molar-refractivity contribution in [2.24, 2.45) is 5.92 Å². The fraction of sp³-hybridized carbons (Fsp3) is 0.538. The Hall–Kier alpha value is -1.67. The molecule has 1 atom stereocenters. The summed E-state index contributed by atoms with van der Waals surface area (Å²) in [5, 5.41) is 0. The predicted molar refractivity (Wildman–Crippen MR) is 79.3 cm³/mol. The predicted octanol–water partition coefficient (Wildman–Crippen LogP) is 0.156. The number of H-pyrrole nitrogens is 1. The maximum Gasteiger partial charge on any atom is 0.247 e. The molecular formula is C13H21N3O4S. The molecule has 118 valence electrons. The third-order valence-corrected chi connectivity index (χ3v) is 4.28. The van der Waals surface area contributed by atoms with Gasteiger partial charge in [-0.3, -0.25) is 9.59 Å². The molecule has 0 aliphatic heterocycles. The summed E-state index contributed by atoms with van der Waals surface area (Å²) >= 11 is 0. The summed E-state index contributed by atoms with van der Waals surface area (Å²) in [6.45, 7) is 3.81. The molecule has 1 rings (SSSR count). The number of nitrogens with one attached hydrogen (secondary N) is 2. The topological polar surface area (TPSA) is 99.3 Å². The van der Waals surface area contributed by atoms with Crippen molar-refractivity contribution in [2.45, 2.75) is 31.2 Å². The Balaban J connectivity index is 3.03. The number of nitrogens with zero attached hydrogens (tertiary/aromatic N) is 1. The van der Waals surface area contributed by atoms with Crippen molar-refractivity contribution < 1.29 is 13.2 Å². The minimum Gasteiger partial charge on any atom is -0.347 e. The van der Waals surface area contributed by atoms with Crippen LogP contribution in [0.4, 0.5) is 0 Å². The van der Waals surface area contributed by atoms with Crippen LogP contribution in [0.15, 0.2) is 28.0 Å². The maximum absolute atomic E-state index is 12.3. The molecular weight excluding hydrogens is 294 g/mol. The Kier molecular flexibility index (Phi) is 5.68. The van der Waals surface area contributed by atoms with Crippen LogP contribution in [0, 0.1) is 5.92 Å². The summed E-state index contributed by atoms with van der Waals surface area (Å²) < 4.78 is 26.9. The molecule has 0 spiro atoms. The maximum atomic E-state index is 12.3. The van der Waals surface area contributed by atoms with Crippen LogP contribution in [-0.4, -0.2) is 44.3 Å². The van der Waals surface area contributed by atoms with Gasteiger partial charge in [0.05, 0.1) is 4.90 Å². The van der Waals surface area contributed by atoms with E-state index < -0.39 is 21.6 Å². The van der Waals surface area contributed by atoms with Gasteiger partial charge < -0.3 is 9.88 Å². The third-order valence-electron chi connectivity index (χ3n) is 2.81. The Morgan fingerprint density at radius 2 is 1.95 bits per heavy atom. The van der Waals surface area contributed by atoms with E-state index in [1.54, 1.807) is 14.1 Å². The van der Waals surface area contributed by atoms with Gasteiger partial charge in [0.15, 0.2) is 0 Å². The number of amides is 1. The van der Waals surface area contributed by atoms with E-state index in [1.165, 1.54) is 11.0 Å². The lowest BCUT2D eigenvalue weighted by Crippen LogP contribution is -2.46.